The van der Waals surface area contributed by atoms with E-state index in [1.54, 1.807) is 7.11 Å². The van der Waals surface area contributed by atoms with Crippen molar-refractivity contribution in [1.82, 2.24) is 0 Å². The zero-order chi connectivity index (χ0) is 13.6. The number of hydrogen-bond acceptors (Lipinski definition) is 3. The fourth-order valence-electron chi connectivity index (χ4n) is 2.15. The van der Waals surface area contributed by atoms with E-state index in [9.17, 15) is 0 Å². The van der Waals surface area contributed by atoms with Crippen LogP contribution in [0.5, 0.6) is 5.75 Å². The molecule has 0 atom stereocenters. The van der Waals surface area contributed by atoms with Crippen LogP contribution in [0, 0.1) is 0 Å². The Morgan fingerprint density at radius 1 is 1.17 bits per heavy atom. The van der Waals surface area contributed by atoms with Crippen molar-refractivity contribution in [3.05, 3.63) is 29.8 Å². The second-order valence-electron chi connectivity index (χ2n) is 5.25. The first-order chi connectivity index (χ1) is 8.40. The van der Waals surface area contributed by atoms with E-state index >= 15 is 0 Å². The van der Waals surface area contributed by atoms with Crippen LogP contribution in [-0.2, 0) is 0 Å². The van der Waals surface area contributed by atoms with Crippen LogP contribution >= 0.6 is 0 Å². The number of ether oxygens (including phenoxy) is 1. The maximum Gasteiger partial charge on any atom is 0.156 e. The third kappa shape index (κ3) is 6.03. The zero-order valence-corrected chi connectivity index (χ0v) is 11.5. The van der Waals surface area contributed by atoms with Gasteiger partial charge < -0.3 is 14.9 Å². The summed E-state index contributed by atoms with van der Waals surface area (Å²) in [5.41, 5.74) is 1.46. The fourth-order valence-corrected chi connectivity index (χ4v) is 2.15. The Kier molecular flexibility index (Phi) is 5.63. The van der Waals surface area contributed by atoms with Crippen molar-refractivity contribution in [2.45, 2.75) is 51.2 Å². The molecule has 0 unspecified atom stereocenters. The lowest BCUT2D eigenvalue weighted by Crippen LogP contribution is -2.15. The van der Waals surface area contributed by atoms with E-state index < -0.39 is 5.79 Å². The molecule has 1 aromatic rings. The van der Waals surface area contributed by atoms with Gasteiger partial charge in [-0.2, -0.15) is 0 Å². The first-order valence-corrected chi connectivity index (χ1v) is 6.49. The van der Waals surface area contributed by atoms with Gasteiger partial charge in [-0.05, 0) is 50.3 Å². The molecule has 2 rings (SSSR count). The van der Waals surface area contributed by atoms with Crippen molar-refractivity contribution < 1.29 is 14.9 Å². The summed E-state index contributed by atoms with van der Waals surface area (Å²) in [5.74, 6) is 0.277. The monoisotopic (exact) mass is 252 g/mol. The molecule has 0 radical (unpaired) electrons. The summed E-state index contributed by atoms with van der Waals surface area (Å²) < 4.78 is 5.21. The highest BCUT2D eigenvalue weighted by Gasteiger charge is 2.16. The van der Waals surface area contributed by atoms with Crippen LogP contribution in [0.3, 0.4) is 0 Å². The number of methoxy groups -OCH3 is 1. The number of aliphatic hydroxyl groups is 2. The third-order valence-electron chi connectivity index (χ3n) is 2.92. The molecular formula is C15H24O3. The van der Waals surface area contributed by atoms with Crippen molar-refractivity contribution in [1.29, 1.82) is 0 Å². The summed E-state index contributed by atoms with van der Waals surface area (Å²) in [6, 6.07) is 8.50. The molecule has 0 heterocycles. The van der Waals surface area contributed by atoms with Gasteiger partial charge in [-0.15, -0.1) is 0 Å². The molecule has 0 bridgehead atoms. The zero-order valence-electron chi connectivity index (χ0n) is 11.5. The van der Waals surface area contributed by atoms with E-state index in [1.165, 1.54) is 45.1 Å². The van der Waals surface area contributed by atoms with Crippen molar-refractivity contribution in [3.63, 3.8) is 0 Å². The Labute approximate surface area is 109 Å². The highest BCUT2D eigenvalue weighted by Crippen LogP contribution is 2.35. The first-order valence-electron chi connectivity index (χ1n) is 6.49. The van der Waals surface area contributed by atoms with E-state index in [2.05, 4.69) is 18.2 Å². The van der Waals surface area contributed by atoms with Crippen LogP contribution < -0.4 is 4.74 Å². The van der Waals surface area contributed by atoms with Gasteiger partial charge in [0.25, 0.3) is 0 Å². The van der Waals surface area contributed by atoms with Gasteiger partial charge in [0.15, 0.2) is 5.79 Å². The summed E-state index contributed by atoms with van der Waals surface area (Å²) in [4.78, 5) is 0. The van der Waals surface area contributed by atoms with Crippen molar-refractivity contribution >= 4 is 0 Å². The minimum absolute atomic E-state index is 0.787. The van der Waals surface area contributed by atoms with Crippen LogP contribution in [-0.4, -0.2) is 23.1 Å². The molecule has 0 aromatic heterocycles. The van der Waals surface area contributed by atoms with Crippen molar-refractivity contribution in [2.24, 2.45) is 0 Å². The number of rotatable bonds is 2. The molecule has 1 fully saturated rings. The minimum atomic E-state index is -1.50. The van der Waals surface area contributed by atoms with Crippen molar-refractivity contribution in [2.75, 3.05) is 7.11 Å². The van der Waals surface area contributed by atoms with Gasteiger partial charge in [0.2, 0.25) is 0 Å². The molecule has 3 heteroatoms. The molecule has 2 N–H and O–H groups in total. The Bertz CT molecular complexity index is 343. The molecule has 0 aliphatic heterocycles. The highest BCUT2D eigenvalue weighted by atomic mass is 16.5. The fraction of sp³-hybridized carbons (Fsp3) is 0.600. The Morgan fingerprint density at radius 3 is 2.22 bits per heavy atom. The van der Waals surface area contributed by atoms with Crippen LogP contribution in [0.4, 0.5) is 0 Å². The van der Waals surface area contributed by atoms with Gasteiger partial charge in [0.1, 0.15) is 5.75 Å². The standard InChI is InChI=1S/C12H16O.C3H8O2/c1-13-12-8-4-7-11(9-12)10-5-2-3-6-10;1-3(2,4)5/h4,7-10H,2-3,5-6H2,1H3;4-5H,1-2H3. The molecular weight excluding hydrogens is 228 g/mol. The molecule has 1 aliphatic rings. The average Bonchev–Trinajstić information content (AvgIpc) is 2.80. The number of benzene rings is 1. The lowest BCUT2D eigenvalue weighted by Gasteiger charge is -2.10. The highest BCUT2D eigenvalue weighted by molar-refractivity contribution is 5.31. The van der Waals surface area contributed by atoms with Gasteiger partial charge in [-0.25, -0.2) is 0 Å². The predicted molar refractivity (Wildman–Crippen MR) is 72.7 cm³/mol. The molecule has 3 nitrogen and oxygen atoms in total. The molecule has 0 saturated heterocycles. The van der Waals surface area contributed by atoms with E-state index in [0.717, 1.165) is 11.7 Å². The Morgan fingerprint density at radius 2 is 1.72 bits per heavy atom. The second-order valence-corrected chi connectivity index (χ2v) is 5.25. The van der Waals surface area contributed by atoms with E-state index in [1.807, 2.05) is 6.07 Å². The largest absolute Gasteiger partial charge is 0.497 e. The van der Waals surface area contributed by atoms with Crippen LogP contribution in [0.15, 0.2) is 24.3 Å². The molecule has 102 valence electrons. The van der Waals surface area contributed by atoms with Gasteiger partial charge in [-0.1, -0.05) is 25.0 Å². The minimum Gasteiger partial charge on any atom is -0.497 e. The second kappa shape index (κ2) is 6.76. The molecule has 1 aliphatic carbocycles. The van der Waals surface area contributed by atoms with E-state index in [0.29, 0.717) is 0 Å². The summed E-state index contributed by atoms with van der Waals surface area (Å²) in [7, 11) is 1.73. The summed E-state index contributed by atoms with van der Waals surface area (Å²) in [6.07, 6.45) is 5.49. The topological polar surface area (TPSA) is 49.7 Å². The van der Waals surface area contributed by atoms with Crippen LogP contribution in [0.1, 0.15) is 51.0 Å². The average molecular weight is 252 g/mol. The van der Waals surface area contributed by atoms with Crippen molar-refractivity contribution in [3.8, 4) is 5.75 Å². The lowest BCUT2D eigenvalue weighted by atomic mass is 9.98. The van der Waals surface area contributed by atoms with Gasteiger partial charge in [0, 0.05) is 0 Å². The number of hydrogen-bond donors (Lipinski definition) is 2. The third-order valence-corrected chi connectivity index (χ3v) is 2.92. The SMILES string of the molecule is CC(C)(O)O.COc1cccc(C2CCCC2)c1. The Balaban J connectivity index is 0.000000280. The van der Waals surface area contributed by atoms with Crippen LogP contribution in [0.25, 0.3) is 0 Å². The smallest absolute Gasteiger partial charge is 0.156 e. The normalized spacial score (nSPS) is 16.1. The molecule has 0 amide bonds. The lowest BCUT2D eigenvalue weighted by molar-refractivity contribution is -0.127. The van der Waals surface area contributed by atoms with Gasteiger partial charge in [-0.3, -0.25) is 0 Å². The molecule has 1 aromatic carbocycles. The Hall–Kier alpha value is -1.06. The van der Waals surface area contributed by atoms with E-state index in [4.69, 9.17) is 14.9 Å². The predicted octanol–water partition coefficient (Wildman–Crippen LogP) is 3.06. The quantitative estimate of drug-likeness (QED) is 0.795. The van der Waals surface area contributed by atoms with Gasteiger partial charge in [0.05, 0.1) is 7.11 Å². The maximum absolute atomic E-state index is 8.08. The van der Waals surface area contributed by atoms with E-state index in [-0.39, 0.29) is 0 Å². The summed E-state index contributed by atoms with van der Waals surface area (Å²) >= 11 is 0. The molecule has 1 saturated carbocycles. The maximum atomic E-state index is 8.08. The summed E-state index contributed by atoms with van der Waals surface area (Å²) in [5, 5.41) is 16.2. The summed E-state index contributed by atoms with van der Waals surface area (Å²) in [6.45, 7) is 2.60. The molecule has 0 spiro atoms. The first kappa shape index (κ1) is 15.0. The van der Waals surface area contributed by atoms with Crippen LogP contribution in [0.2, 0.25) is 0 Å². The molecule has 18 heavy (non-hydrogen) atoms. The van der Waals surface area contributed by atoms with Gasteiger partial charge >= 0.3 is 0 Å².